The van der Waals surface area contributed by atoms with Crippen LogP contribution in [0.4, 0.5) is 0 Å². The van der Waals surface area contributed by atoms with E-state index in [0.29, 0.717) is 31.1 Å². The monoisotopic (exact) mass is 500 g/mol. The van der Waals surface area contributed by atoms with Crippen LogP contribution in [0.1, 0.15) is 50.7 Å². The zero-order valence-electron chi connectivity index (χ0n) is 21.9. The van der Waals surface area contributed by atoms with E-state index in [1.54, 1.807) is 0 Å². The van der Waals surface area contributed by atoms with E-state index in [-0.39, 0.29) is 17.8 Å². The van der Waals surface area contributed by atoms with E-state index in [2.05, 4.69) is 14.8 Å². The number of ether oxygens (including phenoxy) is 1. The van der Waals surface area contributed by atoms with Crippen molar-refractivity contribution in [1.29, 1.82) is 0 Å². The number of H-pyrrole nitrogens is 1. The van der Waals surface area contributed by atoms with Gasteiger partial charge in [0.15, 0.2) is 5.58 Å². The maximum atomic E-state index is 13.2. The molecular formula is C27H40N4O5. The number of hydrogen-bond acceptors (Lipinski definition) is 7. The number of likely N-dealkylation sites (tertiary alicyclic amines) is 1. The van der Waals surface area contributed by atoms with Gasteiger partial charge in [-0.1, -0.05) is 19.9 Å². The molecule has 2 fully saturated rings. The molecule has 0 radical (unpaired) electrons. The number of nitrogens with one attached hydrogen (secondary N) is 1. The average Bonchev–Trinajstić information content (AvgIpc) is 3.27. The largest absolute Gasteiger partial charge is 0.466 e. The summed E-state index contributed by atoms with van der Waals surface area (Å²) in [6, 6.07) is 4.41. The molecule has 198 valence electrons. The molecule has 2 saturated heterocycles. The van der Waals surface area contributed by atoms with E-state index >= 15 is 0 Å². The lowest BCUT2D eigenvalue weighted by Gasteiger charge is -2.43. The first kappa shape index (κ1) is 26.4. The highest BCUT2D eigenvalue weighted by atomic mass is 16.5. The Morgan fingerprint density at radius 3 is 2.56 bits per heavy atom. The number of carbonyl (C=O) groups excluding carboxylic acids is 2. The molecule has 0 spiro atoms. The number of fused-ring (bicyclic) bond motifs is 1. The standard InChI is InChI=1S/C27H40N4O5/c1-4-15-35-24(32)7-8-29-11-13-30(14-12-29)22-5-9-31(10-6-22)26(33)20(3)17-21-16-19(2)25-23(18-21)36-27(34)28-25/h16,18,20,22H,4-15,17H2,1-3H3,(H,28,34)/t20-/m1/s1. The lowest BCUT2D eigenvalue weighted by molar-refractivity contribution is -0.144. The average molecular weight is 501 g/mol. The minimum Gasteiger partial charge on any atom is -0.466 e. The Balaban J connectivity index is 1.20. The van der Waals surface area contributed by atoms with Crippen LogP contribution < -0.4 is 5.76 Å². The molecule has 2 aromatic rings. The second-order valence-electron chi connectivity index (χ2n) is 10.3. The SMILES string of the molecule is CCCOC(=O)CCN1CCN(C2CCN(C(=O)[C@H](C)Cc3cc(C)c4[nH]c(=O)oc4c3)CC2)CC1. The van der Waals surface area contributed by atoms with E-state index in [1.165, 1.54) is 0 Å². The van der Waals surface area contributed by atoms with Crippen molar-refractivity contribution in [2.24, 2.45) is 5.92 Å². The summed E-state index contributed by atoms with van der Waals surface area (Å²) in [5.74, 6) is -0.485. The third kappa shape index (κ3) is 6.56. The summed E-state index contributed by atoms with van der Waals surface area (Å²) in [6.07, 6.45) is 3.95. The van der Waals surface area contributed by atoms with Gasteiger partial charge in [0.2, 0.25) is 5.91 Å². The molecule has 1 aromatic carbocycles. The first-order valence-corrected chi connectivity index (χ1v) is 13.4. The number of benzene rings is 1. The van der Waals surface area contributed by atoms with Gasteiger partial charge in [-0.2, -0.15) is 0 Å². The zero-order chi connectivity index (χ0) is 25.7. The van der Waals surface area contributed by atoms with Crippen LogP contribution in [0.25, 0.3) is 11.1 Å². The van der Waals surface area contributed by atoms with Crippen molar-refractivity contribution in [2.45, 2.75) is 58.9 Å². The second-order valence-corrected chi connectivity index (χ2v) is 10.3. The molecule has 0 saturated carbocycles. The summed E-state index contributed by atoms with van der Waals surface area (Å²) in [5, 5.41) is 0. The van der Waals surface area contributed by atoms with Crippen molar-refractivity contribution in [1.82, 2.24) is 19.7 Å². The predicted octanol–water partition coefficient (Wildman–Crippen LogP) is 2.56. The molecule has 0 aliphatic carbocycles. The Morgan fingerprint density at radius 2 is 1.86 bits per heavy atom. The number of carbonyl (C=O) groups is 2. The lowest BCUT2D eigenvalue weighted by atomic mass is 9.96. The molecule has 4 rings (SSSR count). The maximum Gasteiger partial charge on any atom is 0.417 e. The van der Waals surface area contributed by atoms with Gasteiger partial charge in [-0.25, -0.2) is 4.79 Å². The van der Waals surface area contributed by atoms with E-state index in [9.17, 15) is 14.4 Å². The van der Waals surface area contributed by atoms with E-state index in [4.69, 9.17) is 9.15 Å². The highest BCUT2D eigenvalue weighted by Gasteiger charge is 2.30. The maximum absolute atomic E-state index is 13.2. The lowest BCUT2D eigenvalue weighted by Crippen LogP contribution is -2.54. The Bertz CT molecular complexity index is 1090. The number of aryl methyl sites for hydroxylation is 1. The number of esters is 1. The van der Waals surface area contributed by atoms with Gasteiger partial charge in [0.1, 0.15) is 0 Å². The molecule has 36 heavy (non-hydrogen) atoms. The van der Waals surface area contributed by atoms with Crippen molar-refractivity contribution in [3.05, 3.63) is 33.8 Å². The third-order valence-corrected chi connectivity index (χ3v) is 7.55. The van der Waals surface area contributed by atoms with E-state index in [0.717, 1.165) is 81.7 Å². The molecule has 2 aliphatic heterocycles. The predicted molar refractivity (Wildman–Crippen MR) is 138 cm³/mol. The number of nitrogens with zero attached hydrogens (tertiary/aromatic N) is 3. The Morgan fingerprint density at radius 1 is 1.14 bits per heavy atom. The number of piperidine rings is 1. The summed E-state index contributed by atoms with van der Waals surface area (Å²) >= 11 is 0. The van der Waals surface area contributed by atoms with Crippen LogP contribution >= 0.6 is 0 Å². The van der Waals surface area contributed by atoms with Crippen molar-refractivity contribution in [2.75, 3.05) is 52.4 Å². The van der Waals surface area contributed by atoms with Gasteiger partial charge >= 0.3 is 11.7 Å². The molecule has 1 aromatic heterocycles. The first-order chi connectivity index (χ1) is 17.3. The molecular weight excluding hydrogens is 460 g/mol. The van der Waals surface area contributed by atoms with Gasteiger partial charge in [-0.05, 0) is 49.8 Å². The molecule has 9 heteroatoms. The topological polar surface area (TPSA) is 99.1 Å². The number of amides is 1. The zero-order valence-corrected chi connectivity index (χ0v) is 21.9. The van der Waals surface area contributed by atoms with Crippen LogP contribution in [0.2, 0.25) is 0 Å². The summed E-state index contributed by atoms with van der Waals surface area (Å²) in [4.78, 5) is 46.1. The summed E-state index contributed by atoms with van der Waals surface area (Å²) in [7, 11) is 0. The summed E-state index contributed by atoms with van der Waals surface area (Å²) in [5.41, 5.74) is 3.23. The number of aromatic nitrogens is 1. The van der Waals surface area contributed by atoms with Gasteiger partial charge in [0, 0.05) is 57.8 Å². The third-order valence-electron chi connectivity index (χ3n) is 7.55. The van der Waals surface area contributed by atoms with E-state index in [1.807, 2.05) is 37.8 Å². The molecule has 9 nitrogen and oxygen atoms in total. The minimum atomic E-state index is -0.453. The molecule has 2 aliphatic rings. The van der Waals surface area contributed by atoms with Gasteiger partial charge in [0.05, 0.1) is 18.5 Å². The van der Waals surface area contributed by atoms with Gasteiger partial charge in [-0.3, -0.25) is 19.5 Å². The fourth-order valence-electron chi connectivity index (χ4n) is 5.51. The number of aromatic amines is 1. The van der Waals surface area contributed by atoms with Crippen molar-refractivity contribution < 1.29 is 18.7 Å². The highest BCUT2D eigenvalue weighted by Crippen LogP contribution is 2.23. The summed E-state index contributed by atoms with van der Waals surface area (Å²) < 4.78 is 10.4. The molecule has 0 bridgehead atoms. The Labute approximate surface area is 212 Å². The van der Waals surface area contributed by atoms with Crippen molar-refractivity contribution in [3.63, 3.8) is 0 Å². The number of piperazine rings is 1. The fourth-order valence-corrected chi connectivity index (χ4v) is 5.51. The molecule has 1 N–H and O–H groups in total. The normalized spacial score (nSPS) is 19.0. The fraction of sp³-hybridized carbons (Fsp3) is 0.667. The highest BCUT2D eigenvalue weighted by molar-refractivity contribution is 5.80. The molecule has 1 amide bonds. The van der Waals surface area contributed by atoms with Crippen LogP contribution in [0.15, 0.2) is 21.3 Å². The number of rotatable bonds is 9. The number of oxazole rings is 1. The first-order valence-electron chi connectivity index (χ1n) is 13.4. The quantitative estimate of drug-likeness (QED) is 0.528. The van der Waals surface area contributed by atoms with Gasteiger partial charge in [0.25, 0.3) is 0 Å². The van der Waals surface area contributed by atoms with Crippen LogP contribution in [-0.2, 0) is 20.7 Å². The van der Waals surface area contributed by atoms with Gasteiger partial charge in [-0.15, -0.1) is 0 Å². The Kier molecular flexibility index (Phi) is 8.85. The van der Waals surface area contributed by atoms with Crippen molar-refractivity contribution >= 4 is 23.0 Å². The van der Waals surface area contributed by atoms with Crippen molar-refractivity contribution in [3.8, 4) is 0 Å². The van der Waals surface area contributed by atoms with E-state index < -0.39 is 5.76 Å². The molecule has 1 atom stereocenters. The molecule has 0 unspecified atom stereocenters. The van der Waals surface area contributed by atoms with Crippen LogP contribution in [0, 0.1) is 12.8 Å². The molecule has 3 heterocycles. The minimum absolute atomic E-state index is 0.0997. The van der Waals surface area contributed by atoms with Gasteiger partial charge < -0.3 is 19.0 Å². The summed E-state index contributed by atoms with van der Waals surface area (Å²) in [6.45, 7) is 12.8. The Hall–Kier alpha value is -2.65. The smallest absolute Gasteiger partial charge is 0.417 e. The number of hydrogen-bond donors (Lipinski definition) is 1. The van der Waals surface area contributed by atoms with Crippen LogP contribution in [0.3, 0.4) is 0 Å². The van der Waals surface area contributed by atoms with Crippen LogP contribution in [0.5, 0.6) is 0 Å². The second kappa shape index (κ2) is 12.1. The van der Waals surface area contributed by atoms with Crippen LogP contribution in [-0.4, -0.2) is 90.0 Å².